The van der Waals surface area contributed by atoms with Crippen molar-refractivity contribution >= 4 is 34.2 Å². The number of nitrogens with one attached hydrogen (secondary N) is 1. The van der Waals surface area contributed by atoms with E-state index in [1.165, 1.54) is 4.90 Å². The van der Waals surface area contributed by atoms with Gasteiger partial charge in [-0.25, -0.2) is 4.98 Å². The fourth-order valence-electron chi connectivity index (χ4n) is 2.75. The highest BCUT2D eigenvalue weighted by Gasteiger charge is 2.17. The predicted octanol–water partition coefficient (Wildman–Crippen LogP) is 3.73. The molecule has 124 valence electrons. The molecule has 0 spiro atoms. The van der Waals surface area contributed by atoms with Gasteiger partial charge in [0.15, 0.2) is 0 Å². The Morgan fingerprint density at radius 3 is 2.79 bits per heavy atom. The fourth-order valence-corrected chi connectivity index (χ4v) is 3.12. The van der Waals surface area contributed by atoms with E-state index >= 15 is 0 Å². The molecule has 2 aromatic heterocycles. The first kappa shape index (κ1) is 16.3. The topological polar surface area (TPSA) is 75.0 Å². The molecule has 0 radical (unpaired) electrons. The Labute approximate surface area is 145 Å². The fraction of sp³-hybridized carbons (Fsp3) is 0.222. The van der Waals surface area contributed by atoms with Gasteiger partial charge >= 0.3 is 0 Å². The molecule has 0 aliphatic carbocycles. The number of fused-ring (bicyclic) bond motifs is 1. The van der Waals surface area contributed by atoms with E-state index in [0.717, 1.165) is 34.1 Å². The van der Waals surface area contributed by atoms with Crippen LogP contribution in [0.5, 0.6) is 0 Å². The van der Waals surface area contributed by atoms with Crippen molar-refractivity contribution < 1.29 is 4.79 Å². The van der Waals surface area contributed by atoms with Crippen molar-refractivity contribution in [3.8, 4) is 11.1 Å². The molecule has 0 bridgehead atoms. The van der Waals surface area contributed by atoms with E-state index in [-0.39, 0.29) is 5.91 Å². The van der Waals surface area contributed by atoms with Gasteiger partial charge in [0.25, 0.3) is 5.91 Å². The Kier molecular flexibility index (Phi) is 4.20. The third-order valence-electron chi connectivity index (χ3n) is 4.10. The van der Waals surface area contributed by atoms with E-state index < -0.39 is 0 Å². The number of aromatic nitrogens is 2. The maximum absolute atomic E-state index is 12.3. The van der Waals surface area contributed by atoms with Crippen molar-refractivity contribution in [2.45, 2.75) is 13.3 Å². The van der Waals surface area contributed by atoms with Gasteiger partial charge in [0.2, 0.25) is 0 Å². The first-order valence-corrected chi connectivity index (χ1v) is 8.07. The van der Waals surface area contributed by atoms with Gasteiger partial charge in [-0.3, -0.25) is 4.79 Å². The number of carbonyl (C=O) groups is 1. The van der Waals surface area contributed by atoms with Crippen LogP contribution in [-0.4, -0.2) is 34.9 Å². The number of carbonyl (C=O) groups excluding carboxylic acids is 1. The maximum Gasteiger partial charge on any atom is 0.255 e. The summed E-state index contributed by atoms with van der Waals surface area (Å²) in [7, 11) is 3.39. The number of benzene rings is 1. The number of H-pyrrole nitrogens is 1. The number of halogens is 1. The summed E-state index contributed by atoms with van der Waals surface area (Å²) in [5.74, 6) is -0.143. The largest absolute Gasteiger partial charge is 0.398 e. The predicted molar refractivity (Wildman–Crippen MR) is 98.3 cm³/mol. The van der Waals surface area contributed by atoms with Crippen LogP contribution in [0.15, 0.2) is 30.6 Å². The highest BCUT2D eigenvalue weighted by molar-refractivity contribution is 6.38. The standard InChI is InChI=1S/C18H19ClN4O/c1-4-10-8-21-17-15(10)16(19)13(9-22-17)11-5-6-14(20)12(7-11)18(24)23(2)3/h5-9H,4,20H2,1-3H3,(H,21,22). The van der Waals surface area contributed by atoms with E-state index in [1.54, 1.807) is 32.4 Å². The van der Waals surface area contributed by atoms with Crippen LogP contribution in [0.25, 0.3) is 22.2 Å². The number of hydrogen-bond donors (Lipinski definition) is 2. The maximum atomic E-state index is 12.3. The van der Waals surface area contributed by atoms with Crippen molar-refractivity contribution in [1.29, 1.82) is 0 Å². The highest BCUT2D eigenvalue weighted by atomic mass is 35.5. The molecule has 0 saturated carbocycles. The van der Waals surface area contributed by atoms with Crippen LogP contribution in [0.3, 0.4) is 0 Å². The Balaban J connectivity index is 2.19. The number of aryl methyl sites for hydroxylation is 1. The molecule has 1 aromatic carbocycles. The lowest BCUT2D eigenvalue weighted by Gasteiger charge is -2.14. The Morgan fingerprint density at radius 1 is 1.38 bits per heavy atom. The smallest absolute Gasteiger partial charge is 0.255 e. The second-order valence-corrected chi connectivity index (χ2v) is 6.26. The van der Waals surface area contributed by atoms with Gasteiger partial charge in [0.1, 0.15) is 5.65 Å². The molecule has 24 heavy (non-hydrogen) atoms. The normalized spacial score (nSPS) is 11.0. The molecule has 6 heteroatoms. The lowest BCUT2D eigenvalue weighted by Crippen LogP contribution is -2.22. The molecule has 3 aromatic rings. The lowest BCUT2D eigenvalue weighted by atomic mass is 10.0. The number of rotatable bonds is 3. The molecule has 0 aliphatic rings. The molecule has 3 rings (SSSR count). The van der Waals surface area contributed by atoms with Crippen LogP contribution < -0.4 is 5.73 Å². The summed E-state index contributed by atoms with van der Waals surface area (Å²) in [6, 6.07) is 5.35. The first-order chi connectivity index (χ1) is 11.4. The summed E-state index contributed by atoms with van der Waals surface area (Å²) in [4.78, 5) is 21.4. The molecule has 5 nitrogen and oxygen atoms in total. The van der Waals surface area contributed by atoms with Gasteiger partial charge in [-0.15, -0.1) is 0 Å². The van der Waals surface area contributed by atoms with Crippen molar-refractivity contribution in [3.63, 3.8) is 0 Å². The number of nitrogen functional groups attached to an aromatic ring is 1. The van der Waals surface area contributed by atoms with Crippen LogP contribution in [-0.2, 0) is 6.42 Å². The van der Waals surface area contributed by atoms with E-state index in [2.05, 4.69) is 16.9 Å². The zero-order valence-corrected chi connectivity index (χ0v) is 14.6. The van der Waals surface area contributed by atoms with Crippen LogP contribution >= 0.6 is 11.6 Å². The average molecular weight is 343 g/mol. The minimum Gasteiger partial charge on any atom is -0.398 e. The third-order valence-corrected chi connectivity index (χ3v) is 4.49. The van der Waals surface area contributed by atoms with Gasteiger partial charge in [0, 0.05) is 43.1 Å². The van der Waals surface area contributed by atoms with Crippen molar-refractivity contribution in [3.05, 3.63) is 46.7 Å². The molecule has 0 unspecified atom stereocenters. The van der Waals surface area contributed by atoms with Crippen molar-refractivity contribution in [2.24, 2.45) is 0 Å². The minimum absolute atomic E-state index is 0.143. The van der Waals surface area contributed by atoms with Gasteiger partial charge in [-0.2, -0.15) is 0 Å². The van der Waals surface area contributed by atoms with Crippen molar-refractivity contribution in [2.75, 3.05) is 19.8 Å². The molecule has 0 aliphatic heterocycles. The SMILES string of the molecule is CCc1c[nH]c2ncc(-c3ccc(N)c(C(=O)N(C)C)c3)c(Cl)c12. The van der Waals surface area contributed by atoms with Gasteiger partial charge in [0.05, 0.1) is 10.6 Å². The number of amides is 1. The van der Waals surface area contributed by atoms with E-state index in [1.807, 2.05) is 12.3 Å². The zero-order chi connectivity index (χ0) is 17.4. The molecule has 2 heterocycles. The number of nitrogens with zero attached hydrogens (tertiary/aromatic N) is 2. The quantitative estimate of drug-likeness (QED) is 0.712. The number of anilines is 1. The molecule has 0 saturated heterocycles. The molecule has 0 atom stereocenters. The summed E-state index contributed by atoms with van der Waals surface area (Å²) >= 11 is 6.65. The molecular formula is C18H19ClN4O. The molecular weight excluding hydrogens is 324 g/mol. The monoisotopic (exact) mass is 342 g/mol. The third kappa shape index (κ3) is 2.61. The number of nitrogens with two attached hydrogens (primary N) is 1. The Hall–Kier alpha value is -2.53. The summed E-state index contributed by atoms with van der Waals surface area (Å²) < 4.78 is 0. The highest BCUT2D eigenvalue weighted by Crippen LogP contribution is 2.36. The Morgan fingerprint density at radius 2 is 2.12 bits per heavy atom. The lowest BCUT2D eigenvalue weighted by molar-refractivity contribution is 0.0828. The summed E-state index contributed by atoms with van der Waals surface area (Å²) in [6.07, 6.45) is 4.50. The van der Waals surface area contributed by atoms with Gasteiger partial charge in [-0.1, -0.05) is 24.6 Å². The number of pyridine rings is 1. The molecule has 1 amide bonds. The molecule has 0 fully saturated rings. The van der Waals surface area contributed by atoms with Crippen LogP contribution in [0.4, 0.5) is 5.69 Å². The second kappa shape index (κ2) is 6.17. The average Bonchev–Trinajstić information content (AvgIpc) is 2.99. The summed E-state index contributed by atoms with van der Waals surface area (Å²) in [5.41, 5.74) is 10.3. The summed E-state index contributed by atoms with van der Waals surface area (Å²) in [5, 5.41) is 1.56. The van der Waals surface area contributed by atoms with E-state index in [9.17, 15) is 4.79 Å². The van der Waals surface area contributed by atoms with Crippen LogP contribution in [0, 0.1) is 0 Å². The van der Waals surface area contributed by atoms with E-state index in [0.29, 0.717) is 16.3 Å². The van der Waals surface area contributed by atoms with Gasteiger partial charge < -0.3 is 15.6 Å². The minimum atomic E-state index is -0.143. The zero-order valence-electron chi connectivity index (χ0n) is 13.9. The first-order valence-electron chi connectivity index (χ1n) is 7.70. The number of hydrogen-bond acceptors (Lipinski definition) is 3. The number of aromatic amines is 1. The summed E-state index contributed by atoms with van der Waals surface area (Å²) in [6.45, 7) is 2.07. The van der Waals surface area contributed by atoms with Gasteiger partial charge in [-0.05, 0) is 29.7 Å². The van der Waals surface area contributed by atoms with Crippen LogP contribution in [0.1, 0.15) is 22.8 Å². The molecule has 3 N–H and O–H groups in total. The van der Waals surface area contributed by atoms with Crippen LogP contribution in [0.2, 0.25) is 5.02 Å². The van der Waals surface area contributed by atoms with E-state index in [4.69, 9.17) is 17.3 Å². The Bertz CT molecular complexity index is 930. The van der Waals surface area contributed by atoms with Crippen molar-refractivity contribution in [1.82, 2.24) is 14.9 Å². The second-order valence-electron chi connectivity index (χ2n) is 5.88.